The molecule has 0 saturated heterocycles. The summed E-state index contributed by atoms with van der Waals surface area (Å²) < 4.78 is 55.8. The normalized spacial score (nSPS) is 18.3. The van der Waals surface area contributed by atoms with E-state index in [9.17, 15) is 22.8 Å². The molecule has 0 fully saturated rings. The zero-order chi connectivity index (χ0) is 22.8. The first-order chi connectivity index (χ1) is 14.6. The lowest BCUT2D eigenvalue weighted by atomic mass is 10.0. The lowest BCUT2D eigenvalue weighted by molar-refractivity contribution is -0.152. The molecule has 0 radical (unpaired) electrons. The average molecular weight is 460 g/mol. The molecule has 0 N–H and O–H groups in total. The molecule has 0 amide bonds. The zero-order valence-electron chi connectivity index (χ0n) is 16.4. The lowest BCUT2D eigenvalue weighted by Gasteiger charge is -2.21. The number of aryl methyl sites for hydroxylation is 1. The predicted molar refractivity (Wildman–Crippen MR) is 102 cm³/mol. The van der Waals surface area contributed by atoms with Crippen molar-refractivity contribution in [1.29, 1.82) is 0 Å². The SMILES string of the molecule is CCOC(=O)[C@]1(COC(=O)c2cn(C)nc2C(F)(F)F)COC(c2ccc(Cl)cc2)=N1. The third-order valence-corrected chi connectivity index (χ3v) is 4.52. The monoisotopic (exact) mass is 459 g/mol. The molecule has 0 saturated carbocycles. The van der Waals surface area contributed by atoms with Gasteiger partial charge >= 0.3 is 18.1 Å². The van der Waals surface area contributed by atoms with Crippen molar-refractivity contribution in [3.05, 3.63) is 52.3 Å². The number of halogens is 4. The Morgan fingerprint density at radius 1 is 1.26 bits per heavy atom. The van der Waals surface area contributed by atoms with E-state index in [2.05, 4.69) is 10.1 Å². The summed E-state index contributed by atoms with van der Waals surface area (Å²) in [6.07, 6.45) is -3.97. The molecule has 0 unspecified atom stereocenters. The van der Waals surface area contributed by atoms with Crippen LogP contribution in [0.2, 0.25) is 5.02 Å². The maximum Gasteiger partial charge on any atom is 0.436 e. The van der Waals surface area contributed by atoms with Gasteiger partial charge in [0, 0.05) is 23.8 Å². The van der Waals surface area contributed by atoms with Crippen LogP contribution in [0, 0.1) is 0 Å². The van der Waals surface area contributed by atoms with Crippen LogP contribution in [0.4, 0.5) is 13.2 Å². The maximum atomic E-state index is 13.1. The van der Waals surface area contributed by atoms with Gasteiger partial charge in [0.1, 0.15) is 18.8 Å². The molecule has 1 aromatic carbocycles. The van der Waals surface area contributed by atoms with Crippen LogP contribution >= 0.6 is 11.6 Å². The van der Waals surface area contributed by atoms with Crippen LogP contribution in [-0.2, 0) is 32.2 Å². The Bertz CT molecular complexity index is 1020. The molecule has 0 aliphatic carbocycles. The first kappa shape index (κ1) is 22.6. The van der Waals surface area contributed by atoms with Crippen molar-refractivity contribution < 1.29 is 37.0 Å². The summed E-state index contributed by atoms with van der Waals surface area (Å²) in [5.74, 6) is -2.06. The van der Waals surface area contributed by atoms with Gasteiger partial charge in [-0.1, -0.05) is 11.6 Å². The van der Waals surface area contributed by atoms with Crippen LogP contribution < -0.4 is 0 Å². The molecular weight excluding hydrogens is 443 g/mol. The number of carbonyl (C=O) groups is 2. The second-order valence-corrected chi connectivity index (χ2v) is 7.04. The van der Waals surface area contributed by atoms with E-state index < -0.39 is 41.5 Å². The number of hydrogen-bond donors (Lipinski definition) is 0. The van der Waals surface area contributed by atoms with Crippen LogP contribution in [0.15, 0.2) is 35.5 Å². The van der Waals surface area contributed by atoms with Gasteiger partial charge < -0.3 is 14.2 Å². The van der Waals surface area contributed by atoms with Crippen molar-refractivity contribution in [3.63, 3.8) is 0 Å². The Kier molecular flexibility index (Phi) is 6.25. The van der Waals surface area contributed by atoms with Crippen molar-refractivity contribution in [2.45, 2.75) is 18.6 Å². The number of ether oxygens (including phenoxy) is 3. The van der Waals surface area contributed by atoms with Crippen molar-refractivity contribution in [2.75, 3.05) is 19.8 Å². The summed E-state index contributed by atoms with van der Waals surface area (Å²) in [4.78, 5) is 29.2. The standard InChI is InChI=1S/C19H17ClF3N3O5/c1-3-29-17(28)18(9-30-15(24-18)11-4-6-12(20)7-5-11)10-31-16(27)13-8-26(2)25-14(13)19(21,22)23/h4-8H,3,9-10H2,1-2H3/t18-/m1/s1. The van der Waals surface area contributed by atoms with E-state index in [-0.39, 0.29) is 19.1 Å². The molecule has 1 aliphatic heterocycles. The molecule has 1 atom stereocenters. The summed E-state index contributed by atoms with van der Waals surface area (Å²) in [6.45, 7) is 0.577. The molecule has 31 heavy (non-hydrogen) atoms. The van der Waals surface area contributed by atoms with E-state index in [4.69, 9.17) is 25.8 Å². The largest absolute Gasteiger partial charge is 0.474 e. The highest BCUT2D eigenvalue weighted by Crippen LogP contribution is 2.31. The Morgan fingerprint density at radius 2 is 1.94 bits per heavy atom. The van der Waals surface area contributed by atoms with E-state index >= 15 is 0 Å². The summed E-state index contributed by atoms with van der Waals surface area (Å²) in [5.41, 5.74) is -3.43. The van der Waals surface area contributed by atoms with Crippen LogP contribution in [0.1, 0.15) is 28.5 Å². The number of carbonyl (C=O) groups excluding carboxylic acids is 2. The van der Waals surface area contributed by atoms with E-state index in [1.54, 1.807) is 31.2 Å². The predicted octanol–water partition coefficient (Wildman–Crippen LogP) is 3.03. The molecule has 8 nitrogen and oxygen atoms in total. The topological polar surface area (TPSA) is 92.0 Å². The van der Waals surface area contributed by atoms with E-state index in [1.807, 2.05) is 0 Å². The number of aromatic nitrogens is 2. The second-order valence-electron chi connectivity index (χ2n) is 6.60. The van der Waals surface area contributed by atoms with Crippen molar-refractivity contribution in [3.8, 4) is 0 Å². The number of hydrogen-bond acceptors (Lipinski definition) is 7. The Morgan fingerprint density at radius 3 is 2.55 bits per heavy atom. The lowest BCUT2D eigenvalue weighted by Crippen LogP contribution is -2.45. The molecule has 1 aliphatic rings. The molecule has 166 valence electrons. The first-order valence-corrected chi connectivity index (χ1v) is 9.37. The number of rotatable bonds is 6. The molecule has 12 heteroatoms. The first-order valence-electron chi connectivity index (χ1n) is 8.99. The smallest absolute Gasteiger partial charge is 0.436 e. The molecule has 0 spiro atoms. The molecular formula is C19H17ClF3N3O5. The van der Waals surface area contributed by atoms with E-state index in [1.165, 1.54) is 7.05 Å². The number of benzene rings is 1. The molecule has 2 aromatic rings. The maximum absolute atomic E-state index is 13.1. The number of nitrogens with zero attached hydrogens (tertiary/aromatic N) is 3. The fourth-order valence-corrected chi connectivity index (χ4v) is 2.93. The van der Waals surface area contributed by atoms with E-state index in [0.717, 1.165) is 10.9 Å². The van der Waals surface area contributed by atoms with Gasteiger partial charge in [0.2, 0.25) is 11.4 Å². The molecule has 1 aromatic heterocycles. The Labute approximate surface area is 179 Å². The van der Waals surface area contributed by atoms with Gasteiger partial charge in [-0.3, -0.25) is 4.68 Å². The number of esters is 2. The van der Waals surface area contributed by atoms with Gasteiger partial charge in [-0.15, -0.1) is 0 Å². The number of aliphatic imine (C=N–C) groups is 1. The molecule has 2 heterocycles. The third kappa shape index (κ3) is 4.82. The van der Waals surface area contributed by atoms with Gasteiger partial charge in [-0.05, 0) is 31.2 Å². The minimum absolute atomic E-state index is 0.0150. The van der Waals surface area contributed by atoms with Gasteiger partial charge in [0.25, 0.3) is 0 Å². The molecule has 0 bridgehead atoms. The highest BCUT2D eigenvalue weighted by molar-refractivity contribution is 6.30. The third-order valence-electron chi connectivity index (χ3n) is 4.27. The minimum Gasteiger partial charge on any atom is -0.474 e. The Balaban J connectivity index is 1.86. The highest BCUT2D eigenvalue weighted by Gasteiger charge is 2.48. The summed E-state index contributed by atoms with van der Waals surface area (Å²) in [6, 6.07) is 6.40. The van der Waals surface area contributed by atoms with Crippen molar-refractivity contribution in [2.24, 2.45) is 12.0 Å². The summed E-state index contributed by atoms with van der Waals surface area (Å²) in [7, 11) is 1.24. The van der Waals surface area contributed by atoms with Crippen LogP contribution in [0.25, 0.3) is 0 Å². The highest BCUT2D eigenvalue weighted by atomic mass is 35.5. The Hall–Kier alpha value is -3.08. The van der Waals surface area contributed by atoms with Gasteiger partial charge in [0.05, 0.1) is 6.61 Å². The second kappa shape index (κ2) is 8.58. The van der Waals surface area contributed by atoms with Gasteiger partial charge in [0.15, 0.2) is 5.69 Å². The summed E-state index contributed by atoms with van der Waals surface area (Å²) in [5, 5.41) is 3.74. The van der Waals surface area contributed by atoms with Gasteiger partial charge in [-0.2, -0.15) is 18.3 Å². The molecule has 3 rings (SSSR count). The van der Waals surface area contributed by atoms with Crippen molar-refractivity contribution >= 4 is 29.4 Å². The van der Waals surface area contributed by atoms with Crippen molar-refractivity contribution in [1.82, 2.24) is 9.78 Å². The van der Waals surface area contributed by atoms with Gasteiger partial charge in [-0.25, -0.2) is 14.6 Å². The van der Waals surface area contributed by atoms with Crippen LogP contribution in [-0.4, -0.2) is 53.0 Å². The zero-order valence-corrected chi connectivity index (χ0v) is 17.2. The fraction of sp³-hybridized carbons (Fsp3) is 0.368. The van der Waals surface area contributed by atoms with Crippen LogP contribution in [0.5, 0.6) is 0 Å². The quantitative estimate of drug-likeness (QED) is 0.617. The average Bonchev–Trinajstić information content (AvgIpc) is 3.32. The van der Waals surface area contributed by atoms with Crippen LogP contribution in [0.3, 0.4) is 0 Å². The summed E-state index contributed by atoms with van der Waals surface area (Å²) >= 11 is 5.86. The van der Waals surface area contributed by atoms with E-state index in [0.29, 0.717) is 10.6 Å². The fourth-order valence-electron chi connectivity index (χ4n) is 2.80. The number of alkyl halides is 3. The minimum atomic E-state index is -4.86.